The number of alkyl halides is 3. The molecule has 4 rings (SSSR count). The van der Waals surface area contributed by atoms with Crippen molar-refractivity contribution in [1.29, 1.82) is 0 Å². The fourth-order valence-corrected chi connectivity index (χ4v) is 4.47. The Morgan fingerprint density at radius 3 is 2.27 bits per heavy atom. The van der Waals surface area contributed by atoms with Crippen LogP contribution in [0.25, 0.3) is 0 Å². The van der Waals surface area contributed by atoms with E-state index in [0.717, 1.165) is 37.8 Å². The summed E-state index contributed by atoms with van der Waals surface area (Å²) in [4.78, 5) is 12.2. The molecule has 0 bridgehead atoms. The topological polar surface area (TPSA) is 79.8 Å². The van der Waals surface area contributed by atoms with E-state index in [1.165, 1.54) is 12.1 Å². The molecule has 0 unspecified atom stereocenters. The Bertz CT molecular complexity index is 724. The fraction of sp³-hybridized carbons (Fsp3) is 0.611. The number of carbonyl (C=O) groups is 1. The van der Waals surface area contributed by atoms with E-state index < -0.39 is 11.8 Å². The molecule has 1 aromatic rings. The Balaban J connectivity index is 1.26. The van der Waals surface area contributed by atoms with Gasteiger partial charge in [-0.05, 0) is 49.1 Å². The van der Waals surface area contributed by atoms with Crippen LogP contribution in [0.5, 0.6) is 0 Å². The highest BCUT2D eigenvalue weighted by atomic mass is 19.4. The first kappa shape index (κ1) is 17.5. The van der Waals surface area contributed by atoms with Crippen LogP contribution in [0.4, 0.5) is 13.2 Å². The van der Waals surface area contributed by atoms with Crippen molar-refractivity contribution < 1.29 is 18.0 Å². The average molecular weight is 366 g/mol. The van der Waals surface area contributed by atoms with Gasteiger partial charge in [0.2, 0.25) is 5.91 Å². The molecule has 1 heterocycles. The molecule has 2 saturated carbocycles. The molecular formula is C18H21F3N4O. The molecule has 3 aliphatic rings. The van der Waals surface area contributed by atoms with Crippen molar-refractivity contribution in [3.8, 4) is 0 Å². The van der Waals surface area contributed by atoms with Gasteiger partial charge in [0, 0.05) is 18.0 Å². The number of nitrogens with two attached hydrogens (primary N) is 1. The van der Waals surface area contributed by atoms with E-state index in [0.29, 0.717) is 17.9 Å². The summed E-state index contributed by atoms with van der Waals surface area (Å²) in [6.45, 7) is 1.03. The predicted octanol–water partition coefficient (Wildman–Crippen LogP) is 3.25. The highest BCUT2D eigenvalue weighted by Gasteiger charge is 2.65. The number of carbonyl (C=O) groups excluding carboxylic acids is 1. The Morgan fingerprint density at radius 2 is 1.77 bits per heavy atom. The van der Waals surface area contributed by atoms with E-state index in [1.807, 2.05) is 0 Å². The molecule has 2 aliphatic carbocycles. The number of amides is 1. The van der Waals surface area contributed by atoms with Crippen molar-refractivity contribution in [2.75, 3.05) is 6.54 Å². The van der Waals surface area contributed by atoms with Gasteiger partial charge >= 0.3 is 11.8 Å². The molecule has 0 aromatic heterocycles. The lowest BCUT2D eigenvalue weighted by atomic mass is 9.48. The number of hydrogen-bond acceptors (Lipinski definition) is 4. The Labute approximate surface area is 149 Å². The number of nitrogens with zero attached hydrogens (tertiary/aromatic N) is 2. The monoisotopic (exact) mass is 366 g/mol. The number of nitrogens with one attached hydrogen (secondary N) is 1. The highest BCUT2D eigenvalue weighted by molar-refractivity contribution is 5.79. The fourth-order valence-electron chi connectivity index (χ4n) is 4.47. The molecule has 1 amide bonds. The normalized spacial score (nSPS) is 31.2. The second-order valence-electron chi connectivity index (χ2n) is 7.90. The largest absolute Gasteiger partial charge is 0.442 e. The van der Waals surface area contributed by atoms with Gasteiger partial charge in [-0.2, -0.15) is 13.2 Å². The minimum absolute atomic E-state index is 0.000419. The summed E-state index contributed by atoms with van der Waals surface area (Å²) < 4.78 is 38.9. The third-order valence-corrected chi connectivity index (χ3v) is 6.02. The third-order valence-electron chi connectivity index (χ3n) is 6.02. The van der Waals surface area contributed by atoms with Crippen LogP contribution in [0.2, 0.25) is 0 Å². The van der Waals surface area contributed by atoms with Gasteiger partial charge in [-0.15, -0.1) is 10.2 Å². The summed E-state index contributed by atoms with van der Waals surface area (Å²) in [5, 5.41) is 9.25. The van der Waals surface area contributed by atoms with Crippen LogP contribution >= 0.6 is 0 Å². The van der Waals surface area contributed by atoms with E-state index in [2.05, 4.69) is 15.5 Å². The standard InChI is InChI=1S/C18H21F3N4O/c19-18(20,21)17(24-25-17)14-3-1-11(2-4-14)10-23-15(26)13-7-16(8-13)5-12(6-16)9-22/h1-4,12-13H,5-10,22H2,(H,23,26). The van der Waals surface area contributed by atoms with Gasteiger partial charge in [-0.25, -0.2) is 0 Å². The summed E-state index contributed by atoms with van der Waals surface area (Å²) in [5.41, 5.74) is 4.36. The lowest BCUT2D eigenvalue weighted by Gasteiger charge is -2.57. The molecule has 2 fully saturated rings. The summed E-state index contributed by atoms with van der Waals surface area (Å²) >= 11 is 0. The Kier molecular flexibility index (Phi) is 3.87. The summed E-state index contributed by atoms with van der Waals surface area (Å²) in [6.07, 6.45) is -0.415. The van der Waals surface area contributed by atoms with Crippen LogP contribution in [0.1, 0.15) is 36.8 Å². The molecule has 1 spiro atoms. The van der Waals surface area contributed by atoms with Gasteiger partial charge in [0.05, 0.1) is 0 Å². The second-order valence-corrected chi connectivity index (χ2v) is 7.90. The van der Waals surface area contributed by atoms with E-state index in [9.17, 15) is 18.0 Å². The molecular weight excluding hydrogens is 345 g/mol. The van der Waals surface area contributed by atoms with Gasteiger partial charge in [0.1, 0.15) is 0 Å². The third kappa shape index (κ3) is 2.80. The van der Waals surface area contributed by atoms with Crippen LogP contribution in [0.15, 0.2) is 34.5 Å². The van der Waals surface area contributed by atoms with Gasteiger partial charge in [0.15, 0.2) is 0 Å². The number of halogens is 3. The van der Waals surface area contributed by atoms with Crippen LogP contribution in [0.3, 0.4) is 0 Å². The molecule has 1 aliphatic heterocycles. The van der Waals surface area contributed by atoms with Crippen molar-refractivity contribution in [3.05, 3.63) is 35.4 Å². The minimum atomic E-state index is -4.52. The van der Waals surface area contributed by atoms with Crippen molar-refractivity contribution in [3.63, 3.8) is 0 Å². The second kappa shape index (κ2) is 5.77. The van der Waals surface area contributed by atoms with Crippen molar-refractivity contribution in [2.45, 2.75) is 44.1 Å². The molecule has 5 nitrogen and oxygen atoms in total. The van der Waals surface area contributed by atoms with Crippen molar-refractivity contribution in [1.82, 2.24) is 5.32 Å². The van der Waals surface area contributed by atoms with Gasteiger partial charge in [-0.1, -0.05) is 24.3 Å². The summed E-state index contributed by atoms with van der Waals surface area (Å²) in [7, 11) is 0. The number of benzene rings is 1. The number of hydrogen-bond donors (Lipinski definition) is 2. The van der Waals surface area contributed by atoms with E-state index in [4.69, 9.17) is 5.73 Å². The quantitative estimate of drug-likeness (QED) is 0.839. The van der Waals surface area contributed by atoms with Crippen LogP contribution in [-0.4, -0.2) is 18.6 Å². The molecule has 0 saturated heterocycles. The van der Waals surface area contributed by atoms with Gasteiger partial charge in [-0.3, -0.25) is 4.79 Å². The van der Waals surface area contributed by atoms with Gasteiger partial charge in [0.25, 0.3) is 0 Å². The zero-order chi connectivity index (χ0) is 18.6. The van der Waals surface area contributed by atoms with Crippen molar-refractivity contribution in [2.24, 2.45) is 33.2 Å². The van der Waals surface area contributed by atoms with Crippen LogP contribution in [0, 0.1) is 17.3 Å². The molecule has 26 heavy (non-hydrogen) atoms. The molecule has 8 heteroatoms. The van der Waals surface area contributed by atoms with Gasteiger partial charge < -0.3 is 11.1 Å². The zero-order valence-electron chi connectivity index (χ0n) is 14.2. The lowest BCUT2D eigenvalue weighted by Crippen LogP contribution is -2.53. The first-order valence-corrected chi connectivity index (χ1v) is 8.85. The first-order chi connectivity index (χ1) is 12.3. The highest BCUT2D eigenvalue weighted by Crippen LogP contribution is 2.60. The molecule has 0 atom stereocenters. The lowest BCUT2D eigenvalue weighted by molar-refractivity contribution is -0.166. The van der Waals surface area contributed by atoms with E-state index >= 15 is 0 Å². The zero-order valence-corrected chi connectivity index (χ0v) is 14.2. The SMILES string of the molecule is NCC1CC2(C1)CC(C(=O)NCc1ccc(C3(C(F)(F)F)N=N3)cc1)C2. The van der Waals surface area contributed by atoms with Crippen LogP contribution < -0.4 is 11.1 Å². The van der Waals surface area contributed by atoms with E-state index in [-0.39, 0.29) is 17.4 Å². The maximum atomic E-state index is 13.0. The molecule has 1 aromatic carbocycles. The van der Waals surface area contributed by atoms with Crippen LogP contribution in [-0.2, 0) is 17.0 Å². The molecule has 0 radical (unpaired) electrons. The Hall–Kier alpha value is -1.96. The minimum Gasteiger partial charge on any atom is -0.352 e. The predicted molar refractivity (Wildman–Crippen MR) is 87.8 cm³/mol. The average Bonchev–Trinajstić information content (AvgIpc) is 3.32. The Morgan fingerprint density at radius 1 is 1.15 bits per heavy atom. The summed E-state index contributed by atoms with van der Waals surface area (Å²) in [6, 6.07) is 5.89. The molecule has 3 N–H and O–H groups in total. The van der Waals surface area contributed by atoms with Crippen molar-refractivity contribution >= 4 is 5.91 Å². The molecule has 140 valence electrons. The maximum absolute atomic E-state index is 13.0. The smallest absolute Gasteiger partial charge is 0.352 e. The van der Waals surface area contributed by atoms with E-state index in [1.54, 1.807) is 12.1 Å². The maximum Gasteiger partial charge on any atom is 0.442 e. The number of rotatable bonds is 5. The summed E-state index contributed by atoms with van der Waals surface area (Å²) in [5.74, 6) is 0.683. The first-order valence-electron chi connectivity index (χ1n) is 8.85.